The van der Waals surface area contributed by atoms with Crippen LogP contribution in [-0.4, -0.2) is 31.8 Å². The average Bonchev–Trinajstić information content (AvgIpc) is 3.04. The average molecular weight is 405 g/mol. The van der Waals surface area contributed by atoms with Crippen LogP contribution in [0.25, 0.3) is 10.1 Å². The van der Waals surface area contributed by atoms with Crippen LogP contribution in [0.3, 0.4) is 0 Å². The van der Waals surface area contributed by atoms with Gasteiger partial charge in [-0.2, -0.15) is 0 Å². The van der Waals surface area contributed by atoms with Crippen molar-refractivity contribution >= 4 is 39.1 Å². The lowest BCUT2D eigenvalue weighted by Gasteiger charge is -2.22. The molecule has 3 rings (SSSR count). The van der Waals surface area contributed by atoms with Crippen molar-refractivity contribution in [3.05, 3.63) is 23.1 Å². The molecular formula is C21H28N2O4S. The number of esters is 1. The molecule has 2 amide bonds. The van der Waals surface area contributed by atoms with Crippen LogP contribution >= 0.6 is 11.3 Å². The van der Waals surface area contributed by atoms with Crippen molar-refractivity contribution in [3.63, 3.8) is 0 Å². The van der Waals surface area contributed by atoms with Crippen LogP contribution in [0.4, 0.5) is 10.5 Å². The van der Waals surface area contributed by atoms with Gasteiger partial charge in [0, 0.05) is 21.8 Å². The molecule has 1 heterocycles. The van der Waals surface area contributed by atoms with Gasteiger partial charge in [0.15, 0.2) is 10.6 Å². The number of rotatable bonds is 6. The summed E-state index contributed by atoms with van der Waals surface area (Å²) in [6, 6.07) is 5.64. The minimum Gasteiger partial charge on any atom is -0.491 e. The lowest BCUT2D eigenvalue weighted by molar-refractivity contribution is 0.0601. The molecule has 0 atom stereocenters. The van der Waals surface area contributed by atoms with Crippen molar-refractivity contribution in [2.24, 2.45) is 5.92 Å². The lowest BCUT2D eigenvalue weighted by atomic mass is 9.96. The van der Waals surface area contributed by atoms with Crippen LogP contribution in [0.5, 0.6) is 5.75 Å². The highest BCUT2D eigenvalue weighted by molar-refractivity contribution is 7.21. The van der Waals surface area contributed by atoms with E-state index < -0.39 is 5.97 Å². The Morgan fingerprint density at radius 1 is 1.21 bits per heavy atom. The van der Waals surface area contributed by atoms with E-state index in [4.69, 9.17) is 9.47 Å². The number of benzene rings is 1. The fraction of sp³-hybridized carbons (Fsp3) is 0.524. The zero-order valence-corrected chi connectivity index (χ0v) is 17.5. The number of carbonyl (C=O) groups is 2. The normalized spacial score (nSPS) is 14.9. The summed E-state index contributed by atoms with van der Waals surface area (Å²) in [4.78, 5) is 25.0. The Kier molecular flexibility index (Phi) is 6.78. The van der Waals surface area contributed by atoms with Crippen molar-refractivity contribution in [2.75, 3.05) is 19.0 Å². The highest BCUT2D eigenvalue weighted by atomic mass is 32.1. The lowest BCUT2D eigenvalue weighted by Crippen LogP contribution is -2.38. The smallest absolute Gasteiger partial charge is 0.351 e. The monoisotopic (exact) mass is 404 g/mol. The zero-order chi connectivity index (χ0) is 20.1. The van der Waals surface area contributed by atoms with Crippen LogP contribution in [0.15, 0.2) is 18.2 Å². The quantitative estimate of drug-likeness (QED) is 0.651. The molecule has 2 aromatic rings. The summed E-state index contributed by atoms with van der Waals surface area (Å²) < 4.78 is 11.8. The Balaban J connectivity index is 1.81. The van der Waals surface area contributed by atoms with Crippen LogP contribution < -0.4 is 15.4 Å². The zero-order valence-electron chi connectivity index (χ0n) is 16.7. The first kappa shape index (κ1) is 20.5. The van der Waals surface area contributed by atoms with Gasteiger partial charge in [-0.1, -0.05) is 33.1 Å². The first-order chi connectivity index (χ1) is 13.5. The topological polar surface area (TPSA) is 76.7 Å². The van der Waals surface area contributed by atoms with Crippen LogP contribution in [0, 0.1) is 5.92 Å². The number of ether oxygens (including phenoxy) is 2. The number of amides is 2. The van der Waals surface area contributed by atoms with Gasteiger partial charge < -0.3 is 20.1 Å². The van der Waals surface area contributed by atoms with Gasteiger partial charge in [0.25, 0.3) is 0 Å². The molecule has 0 spiro atoms. The van der Waals surface area contributed by atoms with Crippen molar-refractivity contribution < 1.29 is 19.1 Å². The second-order valence-corrected chi connectivity index (χ2v) is 8.65. The summed E-state index contributed by atoms with van der Waals surface area (Å²) in [6.07, 6.45) is 5.65. The van der Waals surface area contributed by atoms with Crippen molar-refractivity contribution in [1.82, 2.24) is 5.32 Å². The van der Waals surface area contributed by atoms with Crippen LogP contribution in [0.1, 0.15) is 55.6 Å². The van der Waals surface area contributed by atoms with Crippen molar-refractivity contribution in [1.29, 1.82) is 0 Å². The number of hydrogen-bond donors (Lipinski definition) is 2. The molecule has 28 heavy (non-hydrogen) atoms. The number of urea groups is 1. The Bertz CT molecular complexity index is 840. The summed E-state index contributed by atoms with van der Waals surface area (Å²) in [6.45, 7) is 4.60. The molecule has 6 nitrogen and oxygen atoms in total. The predicted molar refractivity (Wildman–Crippen MR) is 113 cm³/mol. The summed E-state index contributed by atoms with van der Waals surface area (Å²) in [5.41, 5.74) is 0.671. The maximum atomic E-state index is 12.4. The van der Waals surface area contributed by atoms with Gasteiger partial charge in [-0.3, -0.25) is 0 Å². The van der Waals surface area contributed by atoms with E-state index in [1.807, 2.05) is 18.2 Å². The highest BCUT2D eigenvalue weighted by Crippen LogP contribution is 2.40. The fourth-order valence-corrected chi connectivity index (χ4v) is 4.42. The largest absolute Gasteiger partial charge is 0.491 e. The Morgan fingerprint density at radius 3 is 2.64 bits per heavy atom. The fourth-order valence-electron chi connectivity index (χ4n) is 3.37. The highest BCUT2D eigenvalue weighted by Gasteiger charge is 2.22. The van der Waals surface area contributed by atoms with E-state index >= 15 is 0 Å². The Labute approximate surface area is 169 Å². The number of carbonyl (C=O) groups excluding carboxylic acids is 2. The summed E-state index contributed by atoms with van der Waals surface area (Å²) in [5, 5.41) is 6.77. The van der Waals surface area contributed by atoms with E-state index in [0.717, 1.165) is 22.9 Å². The molecule has 0 radical (unpaired) electrons. The number of thiophene rings is 1. The van der Waals surface area contributed by atoms with Crippen LogP contribution in [-0.2, 0) is 4.74 Å². The van der Waals surface area contributed by atoms with E-state index in [1.54, 1.807) is 0 Å². The maximum Gasteiger partial charge on any atom is 0.351 e. The van der Waals surface area contributed by atoms with Crippen LogP contribution in [0.2, 0.25) is 0 Å². The van der Waals surface area contributed by atoms with Gasteiger partial charge in [-0.05, 0) is 37.0 Å². The number of anilines is 1. The number of nitrogens with one attached hydrogen (secondary N) is 2. The van der Waals surface area contributed by atoms with Gasteiger partial charge in [-0.15, -0.1) is 11.3 Å². The summed E-state index contributed by atoms with van der Waals surface area (Å²) >= 11 is 1.34. The van der Waals surface area contributed by atoms with E-state index in [9.17, 15) is 9.59 Å². The molecule has 0 aliphatic heterocycles. The first-order valence-corrected chi connectivity index (χ1v) is 10.6. The molecular weight excluding hydrogens is 376 g/mol. The van der Waals surface area contributed by atoms with Crippen molar-refractivity contribution in [2.45, 2.75) is 52.0 Å². The second kappa shape index (κ2) is 9.28. The molecule has 1 fully saturated rings. The molecule has 7 heteroatoms. The minimum absolute atomic E-state index is 0.195. The molecule has 1 aliphatic carbocycles. The van der Waals surface area contributed by atoms with E-state index in [2.05, 4.69) is 24.5 Å². The second-order valence-electron chi connectivity index (χ2n) is 7.60. The number of fused-ring (bicyclic) bond motifs is 1. The molecule has 1 aliphatic rings. The molecule has 0 unspecified atom stereocenters. The molecule has 0 bridgehead atoms. The number of methoxy groups -OCH3 is 1. The van der Waals surface area contributed by atoms with Crippen molar-refractivity contribution in [3.8, 4) is 5.75 Å². The van der Waals surface area contributed by atoms with Gasteiger partial charge >= 0.3 is 12.0 Å². The van der Waals surface area contributed by atoms with Gasteiger partial charge in [0.2, 0.25) is 0 Å². The van der Waals surface area contributed by atoms with E-state index in [-0.39, 0.29) is 12.1 Å². The molecule has 1 aromatic heterocycles. The molecule has 0 saturated heterocycles. The van der Waals surface area contributed by atoms with Gasteiger partial charge in [0.1, 0.15) is 0 Å². The van der Waals surface area contributed by atoms with E-state index in [0.29, 0.717) is 28.8 Å². The standard InChI is InChI=1S/C21H28N2O4S/c1-13(2)12-27-18-16-11-15(9-10-17(16)28-19(18)20(24)26-3)23-21(25)22-14-7-5-4-6-8-14/h9-11,13-14H,4-8,12H2,1-3H3,(H2,22,23,25). The first-order valence-electron chi connectivity index (χ1n) is 9.83. The third-order valence-corrected chi connectivity index (χ3v) is 5.90. The van der Waals surface area contributed by atoms with E-state index in [1.165, 1.54) is 37.7 Å². The van der Waals surface area contributed by atoms with Gasteiger partial charge in [0.05, 0.1) is 13.7 Å². The Hall–Kier alpha value is -2.28. The summed E-state index contributed by atoms with van der Waals surface area (Å²) in [5.74, 6) is 0.435. The maximum absolute atomic E-state index is 12.4. The molecule has 1 aromatic carbocycles. The summed E-state index contributed by atoms with van der Waals surface area (Å²) in [7, 11) is 1.36. The number of hydrogen-bond acceptors (Lipinski definition) is 5. The third-order valence-electron chi connectivity index (χ3n) is 4.77. The molecule has 152 valence electrons. The molecule has 2 N–H and O–H groups in total. The Morgan fingerprint density at radius 2 is 1.96 bits per heavy atom. The SMILES string of the molecule is COC(=O)c1sc2ccc(NC(=O)NC3CCCCC3)cc2c1OCC(C)C. The molecule has 1 saturated carbocycles. The predicted octanol–water partition coefficient (Wildman–Crippen LogP) is 5.18. The minimum atomic E-state index is -0.412. The third kappa shape index (κ3) is 4.95. The van der Waals surface area contributed by atoms with Gasteiger partial charge in [-0.25, -0.2) is 9.59 Å².